The van der Waals surface area contributed by atoms with E-state index in [4.69, 9.17) is 10.5 Å². The van der Waals surface area contributed by atoms with Gasteiger partial charge in [0.25, 0.3) is 0 Å². The highest BCUT2D eigenvalue weighted by Gasteiger charge is 2.41. The Hall–Kier alpha value is -0.780. The Labute approximate surface area is 140 Å². The monoisotopic (exact) mass is 376 g/mol. The highest BCUT2D eigenvalue weighted by molar-refractivity contribution is 9.10. The summed E-state index contributed by atoms with van der Waals surface area (Å²) in [4.78, 5) is 12.3. The third-order valence-corrected chi connectivity index (χ3v) is 4.41. The smallest absolute Gasteiger partial charge is 0.225 e. The number of benzene rings is 1. The van der Waals surface area contributed by atoms with Crippen molar-refractivity contribution in [3.63, 3.8) is 0 Å². The molecule has 1 amide bonds. The molecule has 1 saturated carbocycles. The molecular formula is C15H22BrClN2O2. The lowest BCUT2D eigenvalue weighted by atomic mass is 9.95. The van der Waals surface area contributed by atoms with Crippen LogP contribution in [0.1, 0.15) is 25.3 Å². The molecule has 1 aliphatic carbocycles. The van der Waals surface area contributed by atoms with E-state index in [-0.39, 0.29) is 23.9 Å². The van der Waals surface area contributed by atoms with E-state index >= 15 is 0 Å². The van der Waals surface area contributed by atoms with E-state index in [1.54, 1.807) is 7.11 Å². The zero-order valence-electron chi connectivity index (χ0n) is 12.3. The van der Waals surface area contributed by atoms with E-state index in [0.717, 1.165) is 28.6 Å². The SMILES string of the molecule is COc1ccc(Br)cc1CC(=O)NC(C)(CN)C1CC1.Cl. The van der Waals surface area contributed by atoms with E-state index in [1.165, 1.54) is 0 Å². The molecule has 1 unspecified atom stereocenters. The lowest BCUT2D eigenvalue weighted by Gasteiger charge is -2.29. The number of methoxy groups -OCH3 is 1. The Morgan fingerprint density at radius 2 is 2.19 bits per heavy atom. The Morgan fingerprint density at radius 1 is 1.52 bits per heavy atom. The predicted molar refractivity (Wildman–Crippen MR) is 90.0 cm³/mol. The summed E-state index contributed by atoms with van der Waals surface area (Å²) >= 11 is 3.42. The third kappa shape index (κ3) is 4.59. The summed E-state index contributed by atoms with van der Waals surface area (Å²) in [6.07, 6.45) is 2.59. The van der Waals surface area contributed by atoms with Crippen molar-refractivity contribution in [3.05, 3.63) is 28.2 Å². The van der Waals surface area contributed by atoms with Crippen molar-refractivity contribution < 1.29 is 9.53 Å². The lowest BCUT2D eigenvalue weighted by molar-refractivity contribution is -0.122. The Morgan fingerprint density at radius 3 is 2.71 bits per heavy atom. The summed E-state index contributed by atoms with van der Waals surface area (Å²) in [5, 5.41) is 3.09. The van der Waals surface area contributed by atoms with Gasteiger partial charge in [-0.25, -0.2) is 0 Å². The van der Waals surface area contributed by atoms with E-state index in [1.807, 2.05) is 25.1 Å². The van der Waals surface area contributed by atoms with E-state index < -0.39 is 0 Å². The fourth-order valence-electron chi connectivity index (χ4n) is 2.46. The van der Waals surface area contributed by atoms with Gasteiger partial charge in [0.1, 0.15) is 5.75 Å². The molecule has 0 heterocycles. The van der Waals surface area contributed by atoms with Gasteiger partial charge >= 0.3 is 0 Å². The second kappa shape index (κ2) is 7.47. The molecule has 1 aliphatic rings. The molecule has 1 aromatic rings. The van der Waals surface area contributed by atoms with Crippen LogP contribution < -0.4 is 15.8 Å². The summed E-state index contributed by atoms with van der Waals surface area (Å²) in [5.41, 5.74) is 6.41. The average molecular weight is 378 g/mol. The van der Waals surface area contributed by atoms with Gasteiger partial charge in [-0.15, -0.1) is 12.4 Å². The van der Waals surface area contributed by atoms with Crippen molar-refractivity contribution in [2.45, 2.75) is 31.7 Å². The number of carbonyl (C=O) groups excluding carboxylic acids is 1. The van der Waals surface area contributed by atoms with Crippen LogP contribution in [0, 0.1) is 5.92 Å². The van der Waals surface area contributed by atoms with Gasteiger partial charge in [-0.05, 0) is 43.9 Å². The molecule has 0 bridgehead atoms. The zero-order valence-corrected chi connectivity index (χ0v) is 14.7. The fraction of sp³-hybridized carbons (Fsp3) is 0.533. The molecule has 0 saturated heterocycles. The van der Waals surface area contributed by atoms with Crippen molar-refractivity contribution in [1.82, 2.24) is 5.32 Å². The van der Waals surface area contributed by atoms with Gasteiger partial charge in [-0.1, -0.05) is 15.9 Å². The third-order valence-electron chi connectivity index (χ3n) is 3.92. The van der Waals surface area contributed by atoms with Gasteiger partial charge in [0, 0.05) is 16.6 Å². The van der Waals surface area contributed by atoms with E-state index in [2.05, 4.69) is 21.2 Å². The summed E-state index contributed by atoms with van der Waals surface area (Å²) in [6.45, 7) is 2.50. The number of hydrogen-bond acceptors (Lipinski definition) is 3. The maximum atomic E-state index is 12.3. The second-order valence-electron chi connectivity index (χ2n) is 5.58. The van der Waals surface area contributed by atoms with Crippen molar-refractivity contribution >= 4 is 34.2 Å². The number of hydrogen-bond donors (Lipinski definition) is 2. The number of carbonyl (C=O) groups is 1. The Balaban J connectivity index is 0.00000220. The Kier molecular flexibility index (Phi) is 6.50. The number of rotatable bonds is 6. The van der Waals surface area contributed by atoms with Crippen LogP contribution in [0.4, 0.5) is 0 Å². The van der Waals surface area contributed by atoms with Crippen LogP contribution in [-0.4, -0.2) is 25.1 Å². The van der Waals surface area contributed by atoms with Crippen LogP contribution >= 0.6 is 28.3 Å². The van der Waals surface area contributed by atoms with Gasteiger partial charge < -0.3 is 15.8 Å². The largest absolute Gasteiger partial charge is 0.496 e. The van der Waals surface area contributed by atoms with Crippen LogP contribution in [0.2, 0.25) is 0 Å². The number of amides is 1. The van der Waals surface area contributed by atoms with Crippen LogP contribution in [-0.2, 0) is 11.2 Å². The highest BCUT2D eigenvalue weighted by atomic mass is 79.9. The van der Waals surface area contributed by atoms with Gasteiger partial charge in [0.15, 0.2) is 0 Å². The quantitative estimate of drug-likeness (QED) is 0.801. The predicted octanol–water partition coefficient (Wildman–Crippen LogP) is 2.67. The van der Waals surface area contributed by atoms with Gasteiger partial charge in [-0.2, -0.15) is 0 Å². The van der Waals surface area contributed by atoms with Crippen LogP contribution in [0.25, 0.3) is 0 Å². The standard InChI is InChI=1S/C15H21BrN2O2.ClH/c1-15(9-17,11-3-4-11)18-14(19)8-10-7-12(16)5-6-13(10)20-2;/h5-7,11H,3-4,8-9,17H2,1-2H3,(H,18,19);1H. The molecule has 4 nitrogen and oxygen atoms in total. The van der Waals surface area contributed by atoms with Crippen LogP contribution in [0.15, 0.2) is 22.7 Å². The molecule has 0 aromatic heterocycles. The minimum absolute atomic E-state index is 0. The first-order valence-electron chi connectivity index (χ1n) is 6.82. The van der Waals surface area contributed by atoms with Crippen molar-refractivity contribution in [1.29, 1.82) is 0 Å². The summed E-state index contributed by atoms with van der Waals surface area (Å²) in [6, 6.07) is 5.67. The normalized spacial score (nSPS) is 16.6. The molecule has 0 radical (unpaired) electrons. The summed E-state index contributed by atoms with van der Waals surface area (Å²) < 4.78 is 6.23. The highest BCUT2D eigenvalue weighted by Crippen LogP contribution is 2.39. The topological polar surface area (TPSA) is 64.3 Å². The van der Waals surface area contributed by atoms with Gasteiger partial charge in [0.05, 0.1) is 19.1 Å². The van der Waals surface area contributed by atoms with Crippen molar-refractivity contribution in [2.24, 2.45) is 11.7 Å². The minimum atomic E-state index is -0.281. The summed E-state index contributed by atoms with van der Waals surface area (Å²) in [7, 11) is 1.61. The van der Waals surface area contributed by atoms with Crippen molar-refractivity contribution in [3.8, 4) is 5.75 Å². The van der Waals surface area contributed by atoms with Gasteiger partial charge in [0.2, 0.25) is 5.91 Å². The molecular weight excluding hydrogens is 356 g/mol. The molecule has 1 atom stereocenters. The molecule has 3 N–H and O–H groups in total. The van der Waals surface area contributed by atoms with Crippen molar-refractivity contribution in [2.75, 3.05) is 13.7 Å². The first-order valence-corrected chi connectivity index (χ1v) is 7.61. The maximum absolute atomic E-state index is 12.3. The fourth-order valence-corrected chi connectivity index (χ4v) is 2.87. The molecule has 2 rings (SSSR count). The van der Waals surface area contributed by atoms with E-state index in [9.17, 15) is 4.79 Å². The first-order chi connectivity index (χ1) is 9.48. The average Bonchev–Trinajstić information content (AvgIpc) is 3.23. The van der Waals surface area contributed by atoms with Crippen LogP contribution in [0.3, 0.4) is 0 Å². The molecule has 118 valence electrons. The molecule has 1 aromatic carbocycles. The van der Waals surface area contributed by atoms with Gasteiger partial charge in [-0.3, -0.25) is 4.79 Å². The minimum Gasteiger partial charge on any atom is -0.496 e. The second-order valence-corrected chi connectivity index (χ2v) is 6.49. The Bertz CT molecular complexity index is 508. The summed E-state index contributed by atoms with van der Waals surface area (Å²) in [5.74, 6) is 1.23. The first kappa shape index (κ1) is 18.3. The lowest BCUT2D eigenvalue weighted by Crippen LogP contribution is -2.53. The number of nitrogens with two attached hydrogens (primary N) is 1. The molecule has 6 heteroatoms. The zero-order chi connectivity index (χ0) is 14.8. The molecule has 21 heavy (non-hydrogen) atoms. The number of halogens is 2. The molecule has 0 spiro atoms. The number of ether oxygens (including phenoxy) is 1. The van der Waals surface area contributed by atoms with Crippen LogP contribution in [0.5, 0.6) is 5.75 Å². The number of nitrogens with one attached hydrogen (secondary N) is 1. The maximum Gasteiger partial charge on any atom is 0.225 e. The van der Waals surface area contributed by atoms with E-state index in [0.29, 0.717) is 18.9 Å². The molecule has 1 fully saturated rings. The molecule has 0 aliphatic heterocycles.